The van der Waals surface area contributed by atoms with E-state index in [9.17, 15) is 0 Å². The highest BCUT2D eigenvalue weighted by atomic mass is 16.9. The van der Waals surface area contributed by atoms with Gasteiger partial charge in [-0.1, -0.05) is 19.9 Å². The van der Waals surface area contributed by atoms with E-state index in [1.54, 1.807) is 0 Å². The largest absolute Gasteiger partial charge is 0.370 e. The van der Waals surface area contributed by atoms with Gasteiger partial charge >= 0.3 is 0 Å². The average molecular weight is 179 g/mol. The molecule has 0 unspecified atom stereocenters. The first kappa shape index (κ1) is 8.38. The minimum absolute atomic E-state index is 0.564. The molecule has 0 saturated heterocycles. The minimum Gasteiger partial charge on any atom is -0.370 e. The molecule has 0 saturated carbocycles. The SMILES string of the molecule is CC[C@@H](C)c1ccc2c(c1)ONO2. The Hall–Kier alpha value is -1.22. The van der Waals surface area contributed by atoms with Gasteiger partial charge in [0.05, 0.1) is 0 Å². The lowest BCUT2D eigenvalue weighted by Gasteiger charge is -2.08. The maximum atomic E-state index is 5.06. The molecule has 2 rings (SSSR count). The van der Waals surface area contributed by atoms with Gasteiger partial charge in [-0.05, 0) is 30.0 Å². The molecule has 1 aliphatic heterocycles. The Morgan fingerprint density at radius 1 is 1.31 bits per heavy atom. The first-order valence-electron chi connectivity index (χ1n) is 4.54. The molecule has 0 fully saturated rings. The molecule has 3 heteroatoms. The van der Waals surface area contributed by atoms with Crippen LogP contribution in [0.4, 0.5) is 0 Å². The third-order valence-corrected chi connectivity index (χ3v) is 2.45. The lowest BCUT2D eigenvalue weighted by atomic mass is 9.98. The summed E-state index contributed by atoms with van der Waals surface area (Å²) in [7, 11) is 0. The first-order valence-corrected chi connectivity index (χ1v) is 4.54. The molecule has 1 atom stereocenters. The van der Waals surface area contributed by atoms with Crippen LogP contribution in [0.2, 0.25) is 0 Å². The number of rotatable bonds is 2. The molecule has 1 aliphatic rings. The monoisotopic (exact) mass is 179 g/mol. The van der Waals surface area contributed by atoms with Crippen molar-refractivity contribution in [2.75, 3.05) is 0 Å². The smallest absolute Gasteiger partial charge is 0.196 e. The van der Waals surface area contributed by atoms with Crippen molar-refractivity contribution in [2.45, 2.75) is 26.2 Å². The predicted molar refractivity (Wildman–Crippen MR) is 49.5 cm³/mol. The van der Waals surface area contributed by atoms with Gasteiger partial charge in [-0.3, -0.25) is 0 Å². The van der Waals surface area contributed by atoms with Crippen LogP contribution in [0.25, 0.3) is 0 Å². The molecule has 0 aliphatic carbocycles. The van der Waals surface area contributed by atoms with E-state index in [-0.39, 0.29) is 0 Å². The number of benzene rings is 1. The summed E-state index contributed by atoms with van der Waals surface area (Å²) < 4.78 is 0. The van der Waals surface area contributed by atoms with Crippen molar-refractivity contribution in [3.63, 3.8) is 0 Å². The van der Waals surface area contributed by atoms with E-state index in [1.807, 2.05) is 12.1 Å². The fourth-order valence-electron chi connectivity index (χ4n) is 1.34. The van der Waals surface area contributed by atoms with Gasteiger partial charge in [0, 0.05) is 5.64 Å². The van der Waals surface area contributed by atoms with Gasteiger partial charge < -0.3 is 9.68 Å². The van der Waals surface area contributed by atoms with E-state index in [0.717, 1.165) is 17.9 Å². The summed E-state index contributed by atoms with van der Waals surface area (Å²) in [5.41, 5.74) is 3.66. The number of nitrogens with one attached hydrogen (secondary N) is 1. The molecule has 1 aromatic rings. The van der Waals surface area contributed by atoms with Crippen molar-refractivity contribution >= 4 is 0 Å². The summed E-state index contributed by atoms with van der Waals surface area (Å²) in [6.45, 7) is 4.37. The second-order valence-electron chi connectivity index (χ2n) is 3.30. The fourth-order valence-corrected chi connectivity index (χ4v) is 1.34. The van der Waals surface area contributed by atoms with E-state index >= 15 is 0 Å². The summed E-state index contributed by atoms with van der Waals surface area (Å²) in [4.78, 5) is 10.1. The van der Waals surface area contributed by atoms with Crippen LogP contribution in [-0.2, 0) is 0 Å². The summed E-state index contributed by atoms with van der Waals surface area (Å²) in [6, 6.07) is 6.02. The minimum atomic E-state index is 0.564. The van der Waals surface area contributed by atoms with Crippen LogP contribution in [0.15, 0.2) is 18.2 Å². The van der Waals surface area contributed by atoms with Crippen molar-refractivity contribution in [3.8, 4) is 11.5 Å². The van der Waals surface area contributed by atoms with Crippen molar-refractivity contribution in [1.82, 2.24) is 5.64 Å². The summed E-state index contributed by atoms with van der Waals surface area (Å²) in [5, 5.41) is 0. The van der Waals surface area contributed by atoms with E-state index in [4.69, 9.17) is 9.68 Å². The highest BCUT2D eigenvalue weighted by Crippen LogP contribution is 2.33. The molecule has 0 spiro atoms. The molecule has 1 N–H and O–H groups in total. The van der Waals surface area contributed by atoms with E-state index in [1.165, 1.54) is 5.56 Å². The van der Waals surface area contributed by atoms with E-state index < -0.39 is 0 Å². The Balaban J connectivity index is 2.30. The van der Waals surface area contributed by atoms with Gasteiger partial charge in [-0.25, -0.2) is 0 Å². The normalized spacial score (nSPS) is 15.8. The molecular formula is C10H13NO2. The Morgan fingerprint density at radius 2 is 2.08 bits per heavy atom. The first-order chi connectivity index (χ1) is 6.31. The molecule has 0 aromatic heterocycles. The van der Waals surface area contributed by atoms with Crippen LogP contribution in [0.5, 0.6) is 11.5 Å². The lowest BCUT2D eigenvalue weighted by Crippen LogP contribution is -2.14. The zero-order valence-corrected chi connectivity index (χ0v) is 7.83. The predicted octanol–water partition coefficient (Wildman–Crippen LogP) is 2.39. The third kappa shape index (κ3) is 1.47. The zero-order valence-electron chi connectivity index (χ0n) is 7.83. The second-order valence-corrected chi connectivity index (χ2v) is 3.30. The lowest BCUT2D eigenvalue weighted by molar-refractivity contribution is 0.0259. The quantitative estimate of drug-likeness (QED) is 0.756. The summed E-state index contributed by atoms with van der Waals surface area (Å²) in [6.07, 6.45) is 1.13. The van der Waals surface area contributed by atoms with Crippen LogP contribution in [0.1, 0.15) is 31.7 Å². The number of hydrogen-bond acceptors (Lipinski definition) is 3. The fraction of sp³-hybridized carbons (Fsp3) is 0.400. The summed E-state index contributed by atoms with van der Waals surface area (Å²) >= 11 is 0. The Bertz CT molecular complexity index is 312. The molecular weight excluding hydrogens is 166 g/mol. The van der Waals surface area contributed by atoms with Gasteiger partial charge in [-0.2, -0.15) is 0 Å². The van der Waals surface area contributed by atoms with Gasteiger partial charge in [0.15, 0.2) is 11.5 Å². The molecule has 0 bridgehead atoms. The van der Waals surface area contributed by atoms with Crippen LogP contribution in [0, 0.1) is 0 Å². The zero-order chi connectivity index (χ0) is 9.26. The highest BCUT2D eigenvalue weighted by Gasteiger charge is 2.15. The molecule has 1 aromatic carbocycles. The van der Waals surface area contributed by atoms with Crippen molar-refractivity contribution in [3.05, 3.63) is 23.8 Å². The molecule has 0 amide bonds. The van der Waals surface area contributed by atoms with Crippen LogP contribution < -0.4 is 15.3 Å². The van der Waals surface area contributed by atoms with Crippen molar-refractivity contribution < 1.29 is 9.68 Å². The van der Waals surface area contributed by atoms with Crippen LogP contribution in [0.3, 0.4) is 0 Å². The standard InChI is InChI=1S/C10H13NO2/c1-3-7(2)8-4-5-9-10(6-8)13-11-12-9/h4-7,11H,3H2,1-2H3/t7-/m1/s1. The van der Waals surface area contributed by atoms with Gasteiger partial charge in [0.1, 0.15) is 0 Å². The maximum Gasteiger partial charge on any atom is 0.196 e. The molecule has 0 radical (unpaired) electrons. The number of fused-ring (bicyclic) bond motifs is 1. The Morgan fingerprint density at radius 3 is 2.85 bits per heavy atom. The van der Waals surface area contributed by atoms with E-state index in [2.05, 4.69) is 25.6 Å². The van der Waals surface area contributed by atoms with Crippen molar-refractivity contribution in [1.29, 1.82) is 0 Å². The second kappa shape index (κ2) is 3.26. The topological polar surface area (TPSA) is 30.5 Å². The molecule has 13 heavy (non-hydrogen) atoms. The molecule has 70 valence electrons. The summed E-state index contributed by atoms with van der Waals surface area (Å²) in [5.74, 6) is 2.10. The van der Waals surface area contributed by atoms with Gasteiger partial charge in [0.2, 0.25) is 0 Å². The molecule has 3 nitrogen and oxygen atoms in total. The van der Waals surface area contributed by atoms with Crippen molar-refractivity contribution in [2.24, 2.45) is 0 Å². The van der Waals surface area contributed by atoms with Gasteiger partial charge in [-0.15, -0.1) is 0 Å². The third-order valence-electron chi connectivity index (χ3n) is 2.45. The Kier molecular flexibility index (Phi) is 2.10. The van der Waals surface area contributed by atoms with E-state index in [0.29, 0.717) is 5.92 Å². The average Bonchev–Trinajstić information content (AvgIpc) is 2.63. The highest BCUT2D eigenvalue weighted by molar-refractivity contribution is 5.44. The Labute approximate surface area is 77.6 Å². The van der Waals surface area contributed by atoms with Crippen LogP contribution in [-0.4, -0.2) is 0 Å². The van der Waals surface area contributed by atoms with Gasteiger partial charge in [0.25, 0.3) is 0 Å². The number of hydrogen-bond donors (Lipinski definition) is 1. The van der Waals surface area contributed by atoms with Crippen LogP contribution >= 0.6 is 0 Å². The maximum absolute atomic E-state index is 5.06. The molecule has 1 heterocycles.